The number of hydrogen-bond acceptors (Lipinski definition) is 11. The third kappa shape index (κ3) is 9.12. The summed E-state index contributed by atoms with van der Waals surface area (Å²) in [6.45, 7) is 5.62. The molecule has 0 radical (unpaired) electrons. The summed E-state index contributed by atoms with van der Waals surface area (Å²) >= 11 is 0. The number of nitrogens with one attached hydrogen (secondary N) is 3. The van der Waals surface area contributed by atoms with Crippen LogP contribution in [0.4, 0.5) is 18.0 Å². The Hall–Kier alpha value is -4.81. The van der Waals surface area contributed by atoms with Crippen molar-refractivity contribution in [1.82, 2.24) is 25.2 Å². The average molecular weight is 906 g/mol. The van der Waals surface area contributed by atoms with Gasteiger partial charge in [0.2, 0.25) is 33.6 Å². The molecule has 1 aromatic carbocycles. The molecule has 4 heterocycles. The number of carbonyl (C=O) groups is 4. The van der Waals surface area contributed by atoms with E-state index in [1.807, 2.05) is 26.0 Å². The lowest BCUT2D eigenvalue weighted by molar-refractivity contribution is -0.152. The lowest BCUT2D eigenvalue weighted by atomic mass is 9.85. The van der Waals surface area contributed by atoms with Crippen LogP contribution in [-0.2, 0) is 35.6 Å². The van der Waals surface area contributed by atoms with Crippen molar-refractivity contribution in [1.29, 1.82) is 0 Å². The van der Waals surface area contributed by atoms with E-state index in [0.717, 1.165) is 31.2 Å². The van der Waals surface area contributed by atoms with Gasteiger partial charge in [-0.25, -0.2) is 26.4 Å². The second kappa shape index (κ2) is 17.3. The molecule has 1 saturated heterocycles. The van der Waals surface area contributed by atoms with Gasteiger partial charge in [0.05, 0.1) is 20.3 Å². The molecule has 15 nitrogen and oxygen atoms in total. The molecule has 2 aliphatic carbocycles. The molecule has 346 valence electrons. The Morgan fingerprint density at radius 2 is 1.87 bits per heavy atom. The lowest BCUT2D eigenvalue weighted by Crippen LogP contribution is -2.60. The Bertz CT molecular complexity index is 2270. The second-order valence-corrected chi connectivity index (χ2v) is 20.6. The largest absolute Gasteiger partial charge is 0.497 e. The maximum Gasteiger partial charge on any atom is 0.408 e. The van der Waals surface area contributed by atoms with Gasteiger partial charge in [0.15, 0.2) is 5.60 Å². The normalized spacial score (nSPS) is 29.0. The Morgan fingerprint density at radius 3 is 2.54 bits per heavy atom. The summed E-state index contributed by atoms with van der Waals surface area (Å²) < 4.78 is 93.2. The Balaban J connectivity index is 1.26. The van der Waals surface area contributed by atoms with Crippen LogP contribution in [0.1, 0.15) is 98.0 Å². The number of hydrogen-bond donors (Lipinski definition) is 3. The van der Waals surface area contributed by atoms with Crippen molar-refractivity contribution in [3.8, 4) is 17.5 Å². The van der Waals surface area contributed by atoms with Gasteiger partial charge in [-0.1, -0.05) is 32.4 Å². The minimum atomic E-state index is -4.46. The number of pyridine rings is 1. The van der Waals surface area contributed by atoms with E-state index in [-0.39, 0.29) is 44.0 Å². The van der Waals surface area contributed by atoms with Crippen LogP contribution in [-0.4, -0.2) is 109 Å². The van der Waals surface area contributed by atoms with E-state index in [2.05, 4.69) is 15.4 Å². The highest BCUT2D eigenvalue weighted by atomic mass is 32.2. The molecule has 2 saturated carbocycles. The molecule has 4 amide bonds. The molecule has 63 heavy (non-hydrogen) atoms. The zero-order chi connectivity index (χ0) is 45.7. The van der Waals surface area contributed by atoms with E-state index >= 15 is 4.79 Å². The van der Waals surface area contributed by atoms with Crippen LogP contribution >= 0.6 is 0 Å². The molecule has 7 atom stereocenters. The van der Waals surface area contributed by atoms with Crippen LogP contribution in [0.5, 0.6) is 17.5 Å². The highest BCUT2D eigenvalue weighted by Gasteiger charge is 2.64. The number of amides is 4. The van der Waals surface area contributed by atoms with E-state index in [9.17, 15) is 36.0 Å². The van der Waals surface area contributed by atoms with Gasteiger partial charge < -0.3 is 34.5 Å². The molecule has 0 bridgehead atoms. The van der Waals surface area contributed by atoms with Gasteiger partial charge >= 0.3 is 6.09 Å². The van der Waals surface area contributed by atoms with Crippen LogP contribution in [0.2, 0.25) is 0 Å². The number of carbonyl (C=O) groups excluding carboxylic acids is 4. The van der Waals surface area contributed by atoms with E-state index < -0.39 is 92.3 Å². The molecule has 0 spiro atoms. The van der Waals surface area contributed by atoms with Gasteiger partial charge in [0.1, 0.15) is 40.9 Å². The summed E-state index contributed by atoms with van der Waals surface area (Å²) in [7, 11) is -2.91. The smallest absolute Gasteiger partial charge is 0.408 e. The number of alkyl halides is 3. The number of methoxy groups -OCH3 is 1. The van der Waals surface area contributed by atoms with E-state index in [4.69, 9.17) is 23.9 Å². The molecular weight excluding hydrogens is 848 g/mol. The third-order valence-corrected chi connectivity index (χ3v) is 15.7. The van der Waals surface area contributed by atoms with Crippen LogP contribution in [0.25, 0.3) is 10.8 Å². The first-order valence-corrected chi connectivity index (χ1v) is 23.3. The minimum absolute atomic E-state index is 0.0171. The van der Waals surface area contributed by atoms with Gasteiger partial charge in [-0.2, -0.15) is 4.98 Å². The lowest BCUT2D eigenvalue weighted by Gasteiger charge is -2.35. The number of benzene rings is 1. The molecule has 3 N–H and O–H groups in total. The number of nitrogens with zero attached hydrogens (tertiary/aromatic N) is 2. The van der Waals surface area contributed by atoms with Crippen molar-refractivity contribution in [2.24, 2.45) is 17.8 Å². The summed E-state index contributed by atoms with van der Waals surface area (Å²) in [6.07, 6.45) is 4.90. The summed E-state index contributed by atoms with van der Waals surface area (Å²) in [6, 6.07) is 2.71. The number of rotatable bonds is 11. The number of alkyl carbamates (subject to hydrolysis) is 1. The summed E-state index contributed by atoms with van der Waals surface area (Å²) in [5, 5.41) is 6.80. The number of fused-ring (bicyclic) bond motifs is 5. The van der Waals surface area contributed by atoms with Crippen LogP contribution in [0.15, 0.2) is 30.4 Å². The summed E-state index contributed by atoms with van der Waals surface area (Å²) in [5.41, 5.74) is -3.12. The van der Waals surface area contributed by atoms with Crippen LogP contribution in [0, 0.1) is 17.8 Å². The first-order valence-electron chi connectivity index (χ1n) is 21.8. The maximum absolute atomic E-state index is 15.1. The molecule has 2 aromatic rings. The number of aromatic nitrogens is 1. The maximum atomic E-state index is 15.1. The van der Waals surface area contributed by atoms with Gasteiger partial charge in [-0.15, -0.1) is 0 Å². The molecule has 3 aliphatic heterocycles. The molecule has 0 unspecified atom stereocenters. The highest BCUT2D eigenvalue weighted by molar-refractivity contribution is 7.91. The Labute approximate surface area is 365 Å². The molecule has 5 aliphatic rings. The van der Waals surface area contributed by atoms with Crippen molar-refractivity contribution in [2.75, 3.05) is 26.9 Å². The zero-order valence-electron chi connectivity index (χ0n) is 36.6. The first-order chi connectivity index (χ1) is 29.7. The van der Waals surface area contributed by atoms with E-state index in [1.165, 1.54) is 4.90 Å². The van der Waals surface area contributed by atoms with Crippen LogP contribution in [0.3, 0.4) is 0 Å². The van der Waals surface area contributed by atoms with E-state index in [0.29, 0.717) is 62.7 Å². The number of sulfonamides is 1. The summed E-state index contributed by atoms with van der Waals surface area (Å²) in [4.78, 5) is 63.4. The molecule has 19 heteroatoms. The topological polar surface area (TPSA) is 192 Å². The predicted molar refractivity (Wildman–Crippen MR) is 225 cm³/mol. The quantitative estimate of drug-likeness (QED) is 0.236. The molecule has 7 rings (SSSR count). The fraction of sp³-hybridized carbons (Fsp3) is 0.659. The van der Waals surface area contributed by atoms with Crippen molar-refractivity contribution in [2.45, 2.75) is 139 Å². The van der Waals surface area contributed by atoms with E-state index in [1.54, 1.807) is 25.3 Å². The van der Waals surface area contributed by atoms with Crippen LogP contribution < -0.4 is 29.6 Å². The molecule has 1 aromatic heterocycles. The van der Waals surface area contributed by atoms with Crippen molar-refractivity contribution < 1.29 is 59.7 Å². The fourth-order valence-corrected chi connectivity index (χ4v) is 10.3. The van der Waals surface area contributed by atoms with Crippen molar-refractivity contribution >= 4 is 44.6 Å². The average Bonchev–Trinajstić information content (AvgIpc) is 4.14. The number of allylic oxidation sites excluding steroid dienone is 1. The monoisotopic (exact) mass is 905 g/mol. The number of aryl methyl sites for hydroxylation is 1. The zero-order valence-corrected chi connectivity index (χ0v) is 37.4. The predicted octanol–water partition coefficient (Wildman–Crippen LogP) is 5.67. The third-order valence-electron chi connectivity index (χ3n) is 13.6. The standard InChI is InChI=1S/C44H58F3N5O10S/c1-7-26-19-25(2)11-8-9-12-27-22-44(27,39(55)51-63(57,58)43(24-45)16-17-43)50-35(53)33-21-29(23-52(33)38(54)34(26)48-40(56)62-41(3,4)42(5,46)47)61-37-31-15-14-28(59-6)20-32(31)30-13-10-18-60-36(30)49-37/h9,12,14-15,20,25-27,29,33-34H,7-8,10-11,13,16-19,21-24H2,1-6H3,(H,48,56)(H,50,53)(H,51,55)/b12-9-/t25-,26+,27+,29+,33-,34-,44+/m0/s1. The van der Waals surface area contributed by atoms with Crippen molar-refractivity contribution in [3.63, 3.8) is 0 Å². The molecular formula is C44H58F3N5O10S. The second-order valence-electron chi connectivity index (χ2n) is 18.5. The van der Waals surface area contributed by atoms with Gasteiger partial charge in [0, 0.05) is 30.2 Å². The van der Waals surface area contributed by atoms with Gasteiger partial charge in [0.25, 0.3) is 11.8 Å². The number of ether oxygens (including phenoxy) is 4. The van der Waals surface area contributed by atoms with Gasteiger partial charge in [-0.05, 0) is 101 Å². The highest BCUT2D eigenvalue weighted by Crippen LogP contribution is 2.48. The van der Waals surface area contributed by atoms with Gasteiger partial charge in [-0.3, -0.25) is 19.1 Å². The first kappa shape index (κ1) is 46.2. The van der Waals surface area contributed by atoms with Crippen molar-refractivity contribution in [3.05, 3.63) is 35.9 Å². The summed E-state index contributed by atoms with van der Waals surface area (Å²) in [5.74, 6) is -6.01. The Morgan fingerprint density at radius 1 is 1.13 bits per heavy atom. The molecule has 3 fully saturated rings. The fourth-order valence-electron chi connectivity index (χ4n) is 8.90. The number of halogens is 3. The Kier molecular flexibility index (Phi) is 12.7. The SMILES string of the molecule is CC[C@@H]1C[C@@H](C)CC/C=C\[C@@H]2C[C@@]2(C(=O)NS(=O)(=O)C2(CF)CC2)NC(=O)[C@@H]2C[C@@H](Oc3nc4c(c5cc(OC)ccc35)CCCO4)CN2C(=O)[C@H]1NC(=O)OC(C)(C)C(C)(F)F. The minimum Gasteiger partial charge on any atom is -0.497 e.